The van der Waals surface area contributed by atoms with Gasteiger partial charge in [0.05, 0.1) is 5.92 Å². The number of amides is 3. The number of nitrogens with zero attached hydrogens (tertiary/aromatic N) is 1. The fourth-order valence-electron chi connectivity index (χ4n) is 2.08. The molecule has 0 saturated carbocycles. The zero-order chi connectivity index (χ0) is 14.4. The molecule has 108 valence electrons. The van der Waals surface area contributed by atoms with Crippen molar-refractivity contribution < 1.29 is 19.5 Å². The molecule has 2 atom stereocenters. The Morgan fingerprint density at radius 2 is 2.16 bits per heavy atom. The van der Waals surface area contributed by atoms with Crippen LogP contribution < -0.4 is 11.1 Å². The Morgan fingerprint density at radius 1 is 1.47 bits per heavy atom. The highest BCUT2D eigenvalue weighted by Gasteiger charge is 2.31. The summed E-state index contributed by atoms with van der Waals surface area (Å²) in [7, 11) is 0. The smallest absolute Gasteiger partial charge is 0.326 e. The number of aliphatic carboxylic acids is 1. The number of urea groups is 1. The average molecular weight is 271 g/mol. The lowest BCUT2D eigenvalue weighted by Gasteiger charge is -2.20. The second-order valence-corrected chi connectivity index (χ2v) is 4.82. The Bertz CT molecular complexity index is 359. The molecule has 1 aliphatic rings. The number of carboxylic acid groups (broad SMARTS) is 1. The van der Waals surface area contributed by atoms with Crippen LogP contribution in [-0.2, 0) is 9.59 Å². The standard InChI is InChI=1S/C12H21N3O4/c1-2-3-4-9(11(17)18)14-12(19)15-6-5-8(7-15)10(13)16/h8-9H,2-7H2,1H3,(H2,13,16)(H,14,19)(H,17,18). The van der Waals surface area contributed by atoms with Gasteiger partial charge in [0, 0.05) is 13.1 Å². The van der Waals surface area contributed by atoms with E-state index in [1.54, 1.807) is 0 Å². The quantitative estimate of drug-likeness (QED) is 0.638. The summed E-state index contributed by atoms with van der Waals surface area (Å²) in [6.45, 7) is 2.65. The number of likely N-dealkylation sites (tertiary alicyclic amines) is 1. The van der Waals surface area contributed by atoms with Crippen LogP contribution in [0.2, 0.25) is 0 Å². The first-order chi connectivity index (χ1) is 8.95. The molecule has 0 aromatic rings. The van der Waals surface area contributed by atoms with Crippen molar-refractivity contribution in [3.05, 3.63) is 0 Å². The SMILES string of the molecule is CCCCC(NC(=O)N1CCC(C(N)=O)C1)C(=O)O. The fraction of sp³-hybridized carbons (Fsp3) is 0.750. The van der Waals surface area contributed by atoms with E-state index in [0.717, 1.165) is 12.8 Å². The van der Waals surface area contributed by atoms with E-state index in [-0.39, 0.29) is 12.5 Å². The highest BCUT2D eigenvalue weighted by molar-refractivity contribution is 5.84. The lowest BCUT2D eigenvalue weighted by molar-refractivity contribution is -0.139. The highest BCUT2D eigenvalue weighted by Crippen LogP contribution is 2.15. The van der Waals surface area contributed by atoms with Crippen LogP contribution in [0.25, 0.3) is 0 Å². The zero-order valence-corrected chi connectivity index (χ0v) is 11.1. The summed E-state index contributed by atoms with van der Waals surface area (Å²) in [6.07, 6.45) is 2.55. The monoisotopic (exact) mass is 271 g/mol. The molecule has 7 nitrogen and oxygen atoms in total. The topological polar surface area (TPSA) is 113 Å². The van der Waals surface area contributed by atoms with Gasteiger partial charge in [-0.15, -0.1) is 0 Å². The van der Waals surface area contributed by atoms with Crippen LogP contribution >= 0.6 is 0 Å². The Kier molecular flexibility index (Phi) is 5.59. The molecule has 3 amide bonds. The molecular weight excluding hydrogens is 250 g/mol. The van der Waals surface area contributed by atoms with E-state index in [1.807, 2.05) is 6.92 Å². The maximum absolute atomic E-state index is 11.9. The number of nitrogens with one attached hydrogen (secondary N) is 1. The largest absolute Gasteiger partial charge is 0.480 e. The zero-order valence-electron chi connectivity index (χ0n) is 11.1. The summed E-state index contributed by atoms with van der Waals surface area (Å²) in [4.78, 5) is 35.4. The van der Waals surface area contributed by atoms with E-state index in [1.165, 1.54) is 4.90 Å². The number of carbonyl (C=O) groups excluding carboxylic acids is 2. The maximum atomic E-state index is 11.9. The van der Waals surface area contributed by atoms with E-state index < -0.39 is 23.9 Å². The van der Waals surface area contributed by atoms with Crippen molar-refractivity contribution in [1.29, 1.82) is 0 Å². The highest BCUT2D eigenvalue weighted by atomic mass is 16.4. The number of unbranched alkanes of at least 4 members (excludes halogenated alkanes) is 1. The minimum absolute atomic E-state index is 0.265. The first-order valence-electron chi connectivity index (χ1n) is 6.53. The normalized spacial score (nSPS) is 20.1. The Hall–Kier alpha value is -1.79. The number of rotatable bonds is 6. The Balaban J connectivity index is 2.49. The van der Waals surface area contributed by atoms with E-state index in [4.69, 9.17) is 10.8 Å². The second kappa shape index (κ2) is 6.96. The molecular formula is C12H21N3O4. The Labute approximate surface area is 112 Å². The maximum Gasteiger partial charge on any atom is 0.326 e. The number of hydrogen-bond donors (Lipinski definition) is 3. The van der Waals surface area contributed by atoms with Gasteiger partial charge in [0.15, 0.2) is 0 Å². The summed E-state index contributed by atoms with van der Waals surface area (Å²) in [5.74, 6) is -1.78. The third kappa shape index (κ3) is 4.42. The van der Waals surface area contributed by atoms with Crippen molar-refractivity contribution >= 4 is 17.9 Å². The average Bonchev–Trinajstić information content (AvgIpc) is 2.83. The third-order valence-corrected chi connectivity index (χ3v) is 3.32. The van der Waals surface area contributed by atoms with Gasteiger partial charge in [0.1, 0.15) is 6.04 Å². The van der Waals surface area contributed by atoms with E-state index in [2.05, 4.69) is 5.32 Å². The second-order valence-electron chi connectivity index (χ2n) is 4.82. The predicted octanol–water partition coefficient (Wildman–Crippen LogP) is 0.147. The third-order valence-electron chi connectivity index (χ3n) is 3.32. The summed E-state index contributed by atoms with van der Waals surface area (Å²) in [6, 6.07) is -1.31. The molecule has 1 fully saturated rings. The van der Waals surface area contributed by atoms with Crippen LogP contribution in [0.1, 0.15) is 32.6 Å². The van der Waals surface area contributed by atoms with Crippen LogP contribution in [0.3, 0.4) is 0 Å². The van der Waals surface area contributed by atoms with E-state index in [0.29, 0.717) is 19.4 Å². The molecule has 7 heteroatoms. The van der Waals surface area contributed by atoms with Crippen molar-refractivity contribution in [1.82, 2.24) is 10.2 Å². The number of carboxylic acids is 1. The van der Waals surface area contributed by atoms with Gasteiger partial charge in [0.25, 0.3) is 0 Å². The van der Waals surface area contributed by atoms with Crippen LogP contribution in [-0.4, -0.2) is 47.0 Å². The van der Waals surface area contributed by atoms with E-state index in [9.17, 15) is 14.4 Å². The van der Waals surface area contributed by atoms with Crippen molar-refractivity contribution in [2.45, 2.75) is 38.6 Å². The molecule has 0 aromatic carbocycles. The van der Waals surface area contributed by atoms with Crippen molar-refractivity contribution in [3.8, 4) is 0 Å². The molecule has 0 bridgehead atoms. The molecule has 19 heavy (non-hydrogen) atoms. The summed E-state index contributed by atoms with van der Waals surface area (Å²) < 4.78 is 0. The molecule has 4 N–H and O–H groups in total. The minimum atomic E-state index is -1.03. The number of hydrogen-bond acceptors (Lipinski definition) is 3. The van der Waals surface area contributed by atoms with Gasteiger partial charge in [0.2, 0.25) is 5.91 Å². The molecule has 0 aliphatic carbocycles. The van der Waals surface area contributed by atoms with Gasteiger partial charge in [-0.25, -0.2) is 9.59 Å². The van der Waals surface area contributed by atoms with Crippen molar-refractivity contribution in [2.24, 2.45) is 11.7 Å². The summed E-state index contributed by atoms with van der Waals surface area (Å²) in [5, 5.41) is 11.5. The molecule has 0 radical (unpaired) electrons. The molecule has 2 unspecified atom stereocenters. The van der Waals surface area contributed by atoms with E-state index >= 15 is 0 Å². The van der Waals surface area contributed by atoms with Gasteiger partial charge in [-0.2, -0.15) is 0 Å². The fourth-order valence-corrected chi connectivity index (χ4v) is 2.08. The van der Waals surface area contributed by atoms with Crippen LogP contribution in [0.4, 0.5) is 4.79 Å². The lowest BCUT2D eigenvalue weighted by atomic mass is 10.1. The molecule has 1 saturated heterocycles. The van der Waals surface area contributed by atoms with Gasteiger partial charge in [-0.05, 0) is 12.8 Å². The van der Waals surface area contributed by atoms with Crippen molar-refractivity contribution in [2.75, 3.05) is 13.1 Å². The number of carbonyl (C=O) groups is 3. The Morgan fingerprint density at radius 3 is 2.63 bits per heavy atom. The first kappa shape index (κ1) is 15.3. The first-order valence-corrected chi connectivity index (χ1v) is 6.53. The predicted molar refractivity (Wildman–Crippen MR) is 68.4 cm³/mol. The molecule has 0 spiro atoms. The van der Waals surface area contributed by atoms with Gasteiger partial charge in [-0.1, -0.05) is 19.8 Å². The summed E-state index contributed by atoms with van der Waals surface area (Å²) in [5.41, 5.74) is 5.18. The van der Waals surface area contributed by atoms with Gasteiger partial charge < -0.3 is 21.1 Å². The molecule has 1 heterocycles. The molecule has 0 aromatic heterocycles. The minimum Gasteiger partial charge on any atom is -0.480 e. The van der Waals surface area contributed by atoms with Crippen LogP contribution in [0, 0.1) is 5.92 Å². The van der Waals surface area contributed by atoms with Gasteiger partial charge in [-0.3, -0.25) is 4.79 Å². The lowest BCUT2D eigenvalue weighted by Crippen LogP contribution is -2.47. The van der Waals surface area contributed by atoms with Crippen molar-refractivity contribution in [3.63, 3.8) is 0 Å². The molecule has 1 rings (SSSR count). The number of nitrogens with two attached hydrogens (primary N) is 1. The van der Waals surface area contributed by atoms with Crippen LogP contribution in [0.5, 0.6) is 0 Å². The van der Waals surface area contributed by atoms with Gasteiger partial charge >= 0.3 is 12.0 Å². The number of primary amides is 1. The summed E-state index contributed by atoms with van der Waals surface area (Å²) >= 11 is 0. The molecule has 1 aliphatic heterocycles. The van der Waals surface area contributed by atoms with Crippen LogP contribution in [0.15, 0.2) is 0 Å².